The van der Waals surface area contributed by atoms with Crippen LogP contribution < -0.4 is 10.2 Å². The molecule has 3 rings (SSSR count). The van der Waals surface area contributed by atoms with Gasteiger partial charge in [-0.2, -0.15) is 0 Å². The maximum absolute atomic E-state index is 14.3. The summed E-state index contributed by atoms with van der Waals surface area (Å²) < 4.78 is 14.9. The van der Waals surface area contributed by atoms with Gasteiger partial charge in [0.15, 0.2) is 0 Å². The maximum atomic E-state index is 14.3. The number of carbonyl (C=O) groups is 2. The molecule has 0 saturated carbocycles. The van der Waals surface area contributed by atoms with Crippen LogP contribution >= 0.6 is 27.5 Å². The summed E-state index contributed by atoms with van der Waals surface area (Å²) in [6, 6.07) is 9.12. The number of benzene rings is 2. The largest absolute Gasteiger partial charge is 0.322 e. The van der Waals surface area contributed by atoms with Crippen LogP contribution in [0.3, 0.4) is 0 Å². The molecular weight excluding hydrogens is 399 g/mol. The lowest BCUT2D eigenvalue weighted by molar-refractivity contribution is -0.117. The van der Waals surface area contributed by atoms with Crippen LogP contribution in [-0.2, 0) is 4.79 Å². The van der Waals surface area contributed by atoms with Gasteiger partial charge in [-0.25, -0.2) is 4.39 Å². The van der Waals surface area contributed by atoms with E-state index in [2.05, 4.69) is 21.2 Å². The minimum atomic E-state index is -0.548. The van der Waals surface area contributed by atoms with E-state index in [4.69, 9.17) is 11.6 Å². The number of halogens is 3. The fourth-order valence-corrected chi connectivity index (χ4v) is 3.18. The van der Waals surface area contributed by atoms with Gasteiger partial charge in [0, 0.05) is 28.1 Å². The highest BCUT2D eigenvalue weighted by Gasteiger charge is 2.24. The molecule has 2 aromatic carbocycles. The summed E-state index contributed by atoms with van der Waals surface area (Å²) in [6.45, 7) is 0.511. The molecule has 24 heavy (non-hydrogen) atoms. The number of hydrogen-bond donors (Lipinski definition) is 1. The topological polar surface area (TPSA) is 49.4 Å². The van der Waals surface area contributed by atoms with E-state index in [9.17, 15) is 14.0 Å². The number of nitrogens with one attached hydrogen (secondary N) is 1. The van der Waals surface area contributed by atoms with Crippen molar-refractivity contribution in [3.63, 3.8) is 0 Å². The lowest BCUT2D eigenvalue weighted by Gasteiger charge is -2.17. The summed E-state index contributed by atoms with van der Waals surface area (Å²) in [5, 5.41) is 3.05. The minimum absolute atomic E-state index is 0.0893. The van der Waals surface area contributed by atoms with E-state index in [1.54, 1.807) is 18.2 Å². The molecule has 2 aromatic rings. The first-order chi connectivity index (χ1) is 11.5. The molecule has 1 fully saturated rings. The average molecular weight is 412 g/mol. The number of amides is 2. The number of anilines is 2. The Morgan fingerprint density at radius 1 is 1.25 bits per heavy atom. The van der Waals surface area contributed by atoms with Gasteiger partial charge in [-0.1, -0.05) is 11.6 Å². The van der Waals surface area contributed by atoms with E-state index >= 15 is 0 Å². The van der Waals surface area contributed by atoms with E-state index < -0.39 is 11.7 Å². The van der Waals surface area contributed by atoms with Crippen LogP contribution in [0.4, 0.5) is 15.8 Å². The fraction of sp³-hybridized carbons (Fsp3) is 0.176. The SMILES string of the molecule is O=C(Nc1ccc(N2CCCC2=O)c(F)c1)c1cc(Cl)ccc1Br. The van der Waals surface area contributed by atoms with Gasteiger partial charge in [0.25, 0.3) is 5.91 Å². The van der Waals surface area contributed by atoms with Gasteiger partial charge < -0.3 is 10.2 Å². The molecule has 0 unspecified atom stereocenters. The molecule has 0 aromatic heterocycles. The Hall–Kier alpha value is -1.92. The van der Waals surface area contributed by atoms with Crippen molar-refractivity contribution < 1.29 is 14.0 Å². The number of rotatable bonds is 3. The highest BCUT2D eigenvalue weighted by Crippen LogP contribution is 2.28. The summed E-state index contributed by atoms with van der Waals surface area (Å²) in [5.74, 6) is -1.05. The molecule has 1 saturated heterocycles. The van der Waals surface area contributed by atoms with Crippen LogP contribution in [0.5, 0.6) is 0 Å². The van der Waals surface area contributed by atoms with Crippen molar-refractivity contribution in [1.29, 1.82) is 0 Å². The summed E-state index contributed by atoms with van der Waals surface area (Å²) in [4.78, 5) is 25.4. The third-order valence-electron chi connectivity index (χ3n) is 3.74. The lowest BCUT2D eigenvalue weighted by atomic mass is 10.2. The average Bonchev–Trinajstić information content (AvgIpc) is 2.96. The number of carbonyl (C=O) groups excluding carboxylic acids is 2. The first-order valence-electron chi connectivity index (χ1n) is 7.32. The summed E-state index contributed by atoms with van der Waals surface area (Å²) in [5.41, 5.74) is 0.890. The lowest BCUT2D eigenvalue weighted by Crippen LogP contribution is -2.24. The van der Waals surface area contributed by atoms with E-state index in [1.807, 2.05) is 0 Å². The second-order valence-electron chi connectivity index (χ2n) is 5.39. The molecule has 1 aliphatic heterocycles. The molecule has 1 heterocycles. The zero-order valence-electron chi connectivity index (χ0n) is 12.5. The predicted octanol–water partition coefficient (Wildman–Crippen LogP) is 4.62. The van der Waals surface area contributed by atoms with Crippen molar-refractivity contribution in [1.82, 2.24) is 0 Å². The van der Waals surface area contributed by atoms with Crippen LogP contribution in [0.25, 0.3) is 0 Å². The summed E-state index contributed by atoms with van der Waals surface area (Å²) >= 11 is 9.18. The molecule has 0 aliphatic carbocycles. The second-order valence-corrected chi connectivity index (χ2v) is 6.68. The predicted molar refractivity (Wildman–Crippen MR) is 95.1 cm³/mol. The fourth-order valence-electron chi connectivity index (χ4n) is 2.58. The maximum Gasteiger partial charge on any atom is 0.256 e. The highest BCUT2D eigenvalue weighted by molar-refractivity contribution is 9.10. The molecule has 0 radical (unpaired) electrons. The first-order valence-corrected chi connectivity index (χ1v) is 8.49. The van der Waals surface area contributed by atoms with Crippen molar-refractivity contribution in [3.8, 4) is 0 Å². The quantitative estimate of drug-likeness (QED) is 0.801. The van der Waals surface area contributed by atoms with E-state index in [0.29, 0.717) is 33.7 Å². The molecule has 7 heteroatoms. The molecule has 0 bridgehead atoms. The Balaban J connectivity index is 1.81. The number of nitrogens with zero attached hydrogens (tertiary/aromatic N) is 1. The van der Waals surface area contributed by atoms with Crippen LogP contribution in [0, 0.1) is 5.82 Å². The molecular formula is C17H13BrClFN2O2. The van der Waals surface area contributed by atoms with Gasteiger partial charge in [0.2, 0.25) is 5.91 Å². The van der Waals surface area contributed by atoms with Crippen molar-refractivity contribution in [2.75, 3.05) is 16.8 Å². The van der Waals surface area contributed by atoms with Gasteiger partial charge in [0.1, 0.15) is 5.82 Å². The third kappa shape index (κ3) is 3.44. The van der Waals surface area contributed by atoms with Crippen LogP contribution in [0.1, 0.15) is 23.2 Å². The van der Waals surface area contributed by atoms with Crippen LogP contribution in [0.2, 0.25) is 5.02 Å². The van der Waals surface area contributed by atoms with Gasteiger partial charge in [0.05, 0.1) is 11.3 Å². The van der Waals surface area contributed by atoms with Crippen molar-refractivity contribution in [3.05, 3.63) is 57.3 Å². The van der Waals surface area contributed by atoms with Crippen LogP contribution in [-0.4, -0.2) is 18.4 Å². The molecule has 124 valence electrons. The second kappa shape index (κ2) is 6.91. The Morgan fingerprint density at radius 2 is 2.04 bits per heavy atom. The van der Waals surface area contributed by atoms with Crippen molar-refractivity contribution in [2.24, 2.45) is 0 Å². The summed E-state index contributed by atoms with van der Waals surface area (Å²) in [6.07, 6.45) is 1.15. The van der Waals surface area contributed by atoms with Gasteiger partial charge >= 0.3 is 0 Å². The molecule has 0 atom stereocenters. The van der Waals surface area contributed by atoms with Gasteiger partial charge in [-0.3, -0.25) is 9.59 Å². The third-order valence-corrected chi connectivity index (χ3v) is 4.67. The van der Waals surface area contributed by atoms with Crippen molar-refractivity contribution >= 4 is 50.7 Å². The Morgan fingerprint density at radius 3 is 2.71 bits per heavy atom. The smallest absolute Gasteiger partial charge is 0.256 e. The van der Waals surface area contributed by atoms with Gasteiger partial charge in [-0.05, 0) is 58.7 Å². The Bertz CT molecular complexity index is 828. The Labute approximate surface area is 151 Å². The highest BCUT2D eigenvalue weighted by atomic mass is 79.9. The van der Waals surface area contributed by atoms with Crippen molar-refractivity contribution in [2.45, 2.75) is 12.8 Å². The molecule has 0 spiro atoms. The molecule has 2 amide bonds. The zero-order valence-corrected chi connectivity index (χ0v) is 14.8. The minimum Gasteiger partial charge on any atom is -0.322 e. The monoisotopic (exact) mass is 410 g/mol. The van der Waals surface area contributed by atoms with E-state index in [1.165, 1.54) is 23.1 Å². The number of hydrogen-bond acceptors (Lipinski definition) is 2. The standard InChI is InChI=1S/C17H13BrClFN2O2/c18-13-5-3-10(19)8-12(13)17(24)21-11-4-6-15(14(20)9-11)22-7-1-2-16(22)23/h3-6,8-9H,1-2,7H2,(H,21,24). The zero-order chi connectivity index (χ0) is 17.3. The Kier molecular flexibility index (Phi) is 4.87. The normalized spacial score (nSPS) is 14.1. The molecule has 1 aliphatic rings. The van der Waals surface area contributed by atoms with Gasteiger partial charge in [-0.15, -0.1) is 0 Å². The molecule has 1 N–H and O–H groups in total. The summed E-state index contributed by atoms with van der Waals surface area (Å²) in [7, 11) is 0. The van der Waals surface area contributed by atoms with E-state index in [-0.39, 0.29) is 11.6 Å². The van der Waals surface area contributed by atoms with E-state index in [0.717, 1.165) is 6.42 Å². The first kappa shape index (κ1) is 16.9. The van der Waals surface area contributed by atoms with Crippen LogP contribution in [0.15, 0.2) is 40.9 Å². The molecule has 4 nitrogen and oxygen atoms in total.